The molecule has 0 saturated heterocycles. The van der Waals surface area contributed by atoms with E-state index in [0.717, 1.165) is 36.8 Å². The van der Waals surface area contributed by atoms with Gasteiger partial charge < -0.3 is 20.5 Å². The number of rotatable bonds is 7. The molecule has 0 unspecified atom stereocenters. The molecule has 1 saturated carbocycles. The van der Waals surface area contributed by atoms with Crippen molar-refractivity contribution in [1.29, 1.82) is 0 Å². The molecule has 0 bridgehead atoms. The Balaban J connectivity index is 1.39. The molecule has 1 aliphatic rings. The molecule has 0 spiro atoms. The van der Waals surface area contributed by atoms with Crippen LogP contribution in [0.1, 0.15) is 58.1 Å². The lowest BCUT2D eigenvalue weighted by Crippen LogP contribution is -2.38. The molecule has 228 valence electrons. The van der Waals surface area contributed by atoms with Crippen LogP contribution in [0.25, 0.3) is 27.1 Å². The molecule has 2 aromatic carbocycles. The highest BCUT2D eigenvalue weighted by atomic mass is 35.5. The van der Waals surface area contributed by atoms with Crippen molar-refractivity contribution in [2.75, 3.05) is 12.8 Å². The highest BCUT2D eigenvalue weighted by Gasteiger charge is 2.29. The standard InChI is InChI=1S/C33H36ClN7O3/c1-19-7-13-23(16-24(19)34)44-26-14-8-20(15-27(26)43-6)29-28-30(35)37-18-38-31(28)41(40-29)22-11-9-21(10-12-22)39-32(42)25(36-5)17-33(2,3)4/h7-8,13-18,21-22H,9-12H2,1-4,6H3,(H,39,42)(H2,35,37,38)/b25-17-. The molecule has 1 aliphatic carbocycles. The van der Waals surface area contributed by atoms with Gasteiger partial charge >= 0.3 is 0 Å². The summed E-state index contributed by atoms with van der Waals surface area (Å²) in [7, 11) is 1.58. The summed E-state index contributed by atoms with van der Waals surface area (Å²) in [4.78, 5) is 25.0. The lowest BCUT2D eigenvalue weighted by molar-refractivity contribution is -0.118. The summed E-state index contributed by atoms with van der Waals surface area (Å²) in [6.45, 7) is 15.3. The van der Waals surface area contributed by atoms with Gasteiger partial charge in [0, 0.05) is 16.6 Å². The number of ether oxygens (including phenoxy) is 2. The van der Waals surface area contributed by atoms with Gasteiger partial charge in [0.15, 0.2) is 17.1 Å². The Kier molecular flexibility index (Phi) is 8.79. The van der Waals surface area contributed by atoms with E-state index in [2.05, 4.69) is 20.1 Å². The van der Waals surface area contributed by atoms with E-state index in [1.54, 1.807) is 19.3 Å². The molecule has 2 aromatic heterocycles. The lowest BCUT2D eigenvalue weighted by atomic mass is 9.91. The van der Waals surface area contributed by atoms with Gasteiger partial charge in [-0.25, -0.2) is 19.5 Å². The van der Waals surface area contributed by atoms with E-state index in [1.807, 2.05) is 62.7 Å². The smallest absolute Gasteiger partial charge is 0.250 e. The number of aryl methyl sites for hydroxylation is 1. The Morgan fingerprint density at radius 1 is 1.14 bits per heavy atom. The van der Waals surface area contributed by atoms with E-state index in [1.165, 1.54) is 6.33 Å². The third-order valence-electron chi connectivity index (χ3n) is 7.63. The van der Waals surface area contributed by atoms with E-state index in [0.29, 0.717) is 44.8 Å². The molecule has 1 fully saturated rings. The number of anilines is 1. The monoisotopic (exact) mass is 613 g/mol. The zero-order chi connectivity index (χ0) is 31.6. The fourth-order valence-corrected chi connectivity index (χ4v) is 5.57. The Morgan fingerprint density at radius 3 is 2.55 bits per heavy atom. The third kappa shape index (κ3) is 6.63. The Bertz CT molecular complexity index is 1780. The van der Waals surface area contributed by atoms with Crippen LogP contribution in [-0.2, 0) is 4.79 Å². The van der Waals surface area contributed by atoms with Crippen molar-refractivity contribution in [3.63, 3.8) is 0 Å². The topological polar surface area (TPSA) is 122 Å². The number of aromatic nitrogens is 4. The van der Waals surface area contributed by atoms with Crippen LogP contribution >= 0.6 is 11.6 Å². The van der Waals surface area contributed by atoms with Crippen molar-refractivity contribution < 1.29 is 14.3 Å². The number of benzene rings is 2. The largest absolute Gasteiger partial charge is 0.493 e. The second kappa shape index (κ2) is 12.5. The van der Waals surface area contributed by atoms with Crippen molar-refractivity contribution >= 4 is 34.4 Å². The van der Waals surface area contributed by atoms with E-state index >= 15 is 0 Å². The van der Waals surface area contributed by atoms with Gasteiger partial charge in [0.1, 0.15) is 23.6 Å². The molecule has 0 aliphatic heterocycles. The number of amides is 1. The van der Waals surface area contributed by atoms with Crippen molar-refractivity contribution in [2.24, 2.45) is 5.41 Å². The van der Waals surface area contributed by atoms with Crippen LogP contribution in [0.3, 0.4) is 0 Å². The van der Waals surface area contributed by atoms with Crippen LogP contribution in [0.5, 0.6) is 17.2 Å². The van der Waals surface area contributed by atoms with Crippen LogP contribution in [-0.4, -0.2) is 38.8 Å². The molecule has 11 heteroatoms. The first-order chi connectivity index (χ1) is 21.0. The Hall–Kier alpha value is -4.62. The fourth-order valence-electron chi connectivity index (χ4n) is 5.40. The zero-order valence-corrected chi connectivity index (χ0v) is 26.3. The van der Waals surface area contributed by atoms with Gasteiger partial charge in [-0.15, -0.1) is 0 Å². The minimum atomic E-state index is -0.322. The first-order valence-corrected chi connectivity index (χ1v) is 14.9. The van der Waals surface area contributed by atoms with Gasteiger partial charge in [-0.1, -0.05) is 44.5 Å². The van der Waals surface area contributed by atoms with Gasteiger partial charge in [0.05, 0.1) is 25.1 Å². The molecule has 44 heavy (non-hydrogen) atoms. The number of nitrogen functional groups attached to an aromatic ring is 1. The summed E-state index contributed by atoms with van der Waals surface area (Å²) in [6.07, 6.45) is 6.21. The average Bonchev–Trinajstić information content (AvgIpc) is 3.39. The molecule has 1 amide bonds. The number of fused-ring (bicyclic) bond motifs is 1. The van der Waals surface area contributed by atoms with E-state index in [4.69, 9.17) is 38.5 Å². The summed E-state index contributed by atoms with van der Waals surface area (Å²) in [6, 6.07) is 11.1. The number of allylic oxidation sites excluding steroid dienone is 1. The molecule has 0 atom stereocenters. The third-order valence-corrected chi connectivity index (χ3v) is 8.03. The summed E-state index contributed by atoms with van der Waals surface area (Å²) in [5.74, 6) is 1.66. The van der Waals surface area contributed by atoms with E-state index in [9.17, 15) is 4.79 Å². The summed E-state index contributed by atoms with van der Waals surface area (Å²) < 4.78 is 13.7. The molecular formula is C33H36ClN7O3. The van der Waals surface area contributed by atoms with Crippen molar-refractivity contribution in [3.05, 3.63) is 76.5 Å². The number of hydrogen-bond acceptors (Lipinski definition) is 7. The highest BCUT2D eigenvalue weighted by Crippen LogP contribution is 2.40. The maximum absolute atomic E-state index is 12.8. The predicted molar refractivity (Wildman–Crippen MR) is 172 cm³/mol. The average molecular weight is 614 g/mol. The quantitative estimate of drug-likeness (QED) is 0.166. The Morgan fingerprint density at radius 2 is 1.89 bits per heavy atom. The molecule has 2 heterocycles. The minimum absolute atomic E-state index is 0.0231. The summed E-state index contributed by atoms with van der Waals surface area (Å²) >= 11 is 6.29. The van der Waals surface area contributed by atoms with Gasteiger partial charge in [0.2, 0.25) is 11.6 Å². The van der Waals surface area contributed by atoms with Crippen LogP contribution in [0.15, 0.2) is 54.5 Å². The highest BCUT2D eigenvalue weighted by molar-refractivity contribution is 6.31. The number of nitrogens with zero attached hydrogens (tertiary/aromatic N) is 5. The zero-order valence-electron chi connectivity index (χ0n) is 25.5. The van der Waals surface area contributed by atoms with Gasteiger partial charge in [-0.2, -0.15) is 5.10 Å². The first kappa shape index (κ1) is 30.8. The second-order valence-corrected chi connectivity index (χ2v) is 12.5. The molecular weight excluding hydrogens is 578 g/mol. The van der Waals surface area contributed by atoms with Gasteiger partial charge in [-0.05, 0) is 73.9 Å². The van der Waals surface area contributed by atoms with Crippen LogP contribution < -0.4 is 20.5 Å². The number of carbonyl (C=O) groups is 1. The predicted octanol–water partition coefficient (Wildman–Crippen LogP) is 7.29. The van der Waals surface area contributed by atoms with Gasteiger partial charge in [-0.3, -0.25) is 4.79 Å². The molecule has 3 N–H and O–H groups in total. The maximum Gasteiger partial charge on any atom is 0.250 e. The number of nitrogens with one attached hydrogen (secondary N) is 1. The number of hydrogen-bond donors (Lipinski definition) is 2. The van der Waals surface area contributed by atoms with Crippen LogP contribution in [0, 0.1) is 18.9 Å². The number of methoxy groups -OCH3 is 1. The van der Waals surface area contributed by atoms with Crippen molar-refractivity contribution in [2.45, 2.75) is 65.5 Å². The van der Waals surface area contributed by atoms with E-state index < -0.39 is 0 Å². The molecule has 5 rings (SSSR count). The van der Waals surface area contributed by atoms with Crippen LogP contribution in [0.4, 0.5) is 5.82 Å². The van der Waals surface area contributed by atoms with Crippen LogP contribution in [0.2, 0.25) is 5.02 Å². The Labute approximate surface area is 262 Å². The summed E-state index contributed by atoms with van der Waals surface area (Å²) in [5.41, 5.74) is 9.28. The lowest BCUT2D eigenvalue weighted by Gasteiger charge is -2.29. The molecule has 0 radical (unpaired) electrons. The normalized spacial score (nSPS) is 17.2. The summed E-state index contributed by atoms with van der Waals surface area (Å²) in [5, 5.41) is 9.34. The number of carbonyl (C=O) groups excluding carboxylic acids is 1. The first-order valence-electron chi connectivity index (χ1n) is 14.5. The van der Waals surface area contributed by atoms with Crippen molar-refractivity contribution in [1.82, 2.24) is 25.1 Å². The van der Waals surface area contributed by atoms with E-state index in [-0.39, 0.29) is 29.1 Å². The second-order valence-electron chi connectivity index (χ2n) is 12.1. The van der Waals surface area contributed by atoms with Gasteiger partial charge in [0.25, 0.3) is 0 Å². The minimum Gasteiger partial charge on any atom is -0.493 e. The van der Waals surface area contributed by atoms with Crippen molar-refractivity contribution in [3.8, 4) is 28.5 Å². The molecule has 4 aromatic rings. The number of halogens is 1. The SMILES string of the molecule is [C-]#[N+]/C(=C\C(C)(C)C)C(=O)NC1CCC(n2nc(-c3ccc(Oc4ccc(C)c(Cl)c4)c(OC)c3)c3c(N)ncnc32)CC1. The number of nitrogens with two attached hydrogens (primary N) is 1. The maximum atomic E-state index is 12.8. The fraction of sp³-hybridized carbons (Fsp3) is 0.364. The molecule has 10 nitrogen and oxygen atoms in total.